The Hall–Kier alpha value is -0.640. The van der Waals surface area contributed by atoms with Gasteiger partial charge in [0.2, 0.25) is 0 Å². The van der Waals surface area contributed by atoms with Gasteiger partial charge in [0.15, 0.2) is 0 Å². The molecule has 2 nitrogen and oxygen atoms in total. The van der Waals surface area contributed by atoms with Crippen LogP contribution in [0, 0.1) is 0 Å². The number of nitrogens with two attached hydrogens (primary N) is 1. The van der Waals surface area contributed by atoms with Gasteiger partial charge in [0.05, 0.1) is 28.3 Å². The van der Waals surface area contributed by atoms with Gasteiger partial charge in [-0.05, 0) is 18.2 Å². The number of piperidine rings is 1. The summed E-state index contributed by atoms with van der Waals surface area (Å²) in [6, 6.07) is 5.99. The number of hydrogen-bond donors (Lipinski definition) is 1. The second-order valence-electron chi connectivity index (χ2n) is 4.30. The van der Waals surface area contributed by atoms with Crippen LogP contribution < -0.4 is 5.32 Å². The summed E-state index contributed by atoms with van der Waals surface area (Å²) < 4.78 is 1.26. The van der Waals surface area contributed by atoms with Crippen LogP contribution >= 0.6 is 22.9 Å². The van der Waals surface area contributed by atoms with Crippen LogP contribution in [0.25, 0.3) is 10.2 Å². The van der Waals surface area contributed by atoms with E-state index in [0.29, 0.717) is 5.92 Å². The fourth-order valence-corrected chi connectivity index (χ4v) is 3.55. The predicted molar refractivity (Wildman–Crippen MR) is 68.3 cm³/mol. The SMILES string of the molecule is Clc1ccc2sc(C3CC[NH2+]CC3)nc2c1. The summed E-state index contributed by atoms with van der Waals surface area (Å²) in [5.41, 5.74) is 1.06. The molecule has 1 aliphatic heterocycles. The van der Waals surface area contributed by atoms with E-state index in [1.54, 1.807) is 0 Å². The molecule has 16 heavy (non-hydrogen) atoms. The number of benzene rings is 1. The highest BCUT2D eigenvalue weighted by molar-refractivity contribution is 7.18. The maximum Gasteiger partial charge on any atom is 0.0974 e. The molecule has 0 saturated carbocycles. The van der Waals surface area contributed by atoms with Gasteiger partial charge in [0.25, 0.3) is 0 Å². The van der Waals surface area contributed by atoms with E-state index >= 15 is 0 Å². The van der Waals surface area contributed by atoms with E-state index in [1.165, 1.54) is 35.6 Å². The summed E-state index contributed by atoms with van der Waals surface area (Å²) in [6.45, 7) is 2.47. The number of rotatable bonds is 1. The summed E-state index contributed by atoms with van der Waals surface area (Å²) in [4.78, 5) is 4.72. The van der Waals surface area contributed by atoms with Crippen molar-refractivity contribution in [2.75, 3.05) is 13.1 Å². The molecule has 2 N–H and O–H groups in total. The fourth-order valence-electron chi connectivity index (χ4n) is 2.27. The quantitative estimate of drug-likeness (QED) is 0.831. The lowest BCUT2D eigenvalue weighted by molar-refractivity contribution is -0.663. The number of halogens is 1. The predicted octanol–water partition coefficient (Wildman–Crippen LogP) is 2.39. The first-order valence-corrected chi connectivity index (χ1v) is 6.90. The Labute approximate surface area is 104 Å². The molecule has 2 aromatic rings. The molecule has 0 amide bonds. The van der Waals surface area contributed by atoms with Crippen molar-refractivity contribution in [3.63, 3.8) is 0 Å². The standard InChI is InChI=1S/C12H13ClN2S/c13-9-1-2-11-10(7-9)15-12(16-11)8-3-5-14-6-4-8/h1-2,7-8,14H,3-6H2/p+1. The second kappa shape index (κ2) is 4.32. The van der Waals surface area contributed by atoms with Gasteiger partial charge in [-0.15, -0.1) is 11.3 Å². The summed E-state index contributed by atoms with van der Waals surface area (Å²) in [6.07, 6.45) is 2.51. The zero-order chi connectivity index (χ0) is 11.0. The molecular weight excluding hydrogens is 240 g/mol. The van der Waals surface area contributed by atoms with E-state index in [0.717, 1.165) is 10.5 Å². The number of thiazole rings is 1. The molecule has 0 radical (unpaired) electrons. The second-order valence-corrected chi connectivity index (χ2v) is 5.80. The third kappa shape index (κ3) is 1.95. The van der Waals surface area contributed by atoms with E-state index in [9.17, 15) is 0 Å². The Balaban J connectivity index is 1.97. The lowest BCUT2D eigenvalue weighted by Crippen LogP contribution is -2.86. The van der Waals surface area contributed by atoms with Crippen molar-refractivity contribution in [1.29, 1.82) is 0 Å². The molecule has 1 aromatic heterocycles. The van der Waals surface area contributed by atoms with Crippen LogP contribution in [0.4, 0.5) is 0 Å². The molecule has 1 fully saturated rings. The van der Waals surface area contributed by atoms with Crippen LogP contribution in [0.5, 0.6) is 0 Å². The maximum atomic E-state index is 5.97. The molecule has 1 aromatic carbocycles. The molecular formula is C12H14ClN2S+. The van der Waals surface area contributed by atoms with E-state index in [1.807, 2.05) is 23.5 Å². The molecule has 0 aliphatic carbocycles. The van der Waals surface area contributed by atoms with Crippen molar-refractivity contribution < 1.29 is 5.32 Å². The van der Waals surface area contributed by atoms with E-state index in [-0.39, 0.29) is 0 Å². The van der Waals surface area contributed by atoms with Crippen molar-refractivity contribution in [2.45, 2.75) is 18.8 Å². The zero-order valence-electron chi connectivity index (χ0n) is 8.95. The average molecular weight is 254 g/mol. The lowest BCUT2D eigenvalue weighted by atomic mass is 9.99. The zero-order valence-corrected chi connectivity index (χ0v) is 10.5. The molecule has 4 heteroatoms. The number of aromatic nitrogens is 1. The Morgan fingerprint density at radius 3 is 2.94 bits per heavy atom. The van der Waals surface area contributed by atoms with Crippen molar-refractivity contribution in [2.24, 2.45) is 0 Å². The molecule has 1 saturated heterocycles. The number of fused-ring (bicyclic) bond motifs is 1. The monoisotopic (exact) mass is 253 g/mol. The van der Waals surface area contributed by atoms with Gasteiger partial charge in [-0.3, -0.25) is 0 Å². The van der Waals surface area contributed by atoms with Gasteiger partial charge >= 0.3 is 0 Å². The van der Waals surface area contributed by atoms with Crippen molar-refractivity contribution in [3.8, 4) is 0 Å². The van der Waals surface area contributed by atoms with Crippen LogP contribution in [0.15, 0.2) is 18.2 Å². The highest BCUT2D eigenvalue weighted by Crippen LogP contribution is 2.32. The van der Waals surface area contributed by atoms with Gasteiger partial charge in [-0.2, -0.15) is 0 Å². The Morgan fingerprint density at radius 2 is 2.12 bits per heavy atom. The first-order valence-electron chi connectivity index (χ1n) is 5.70. The lowest BCUT2D eigenvalue weighted by Gasteiger charge is -2.17. The van der Waals surface area contributed by atoms with Crippen LogP contribution in [0.2, 0.25) is 5.02 Å². The molecule has 0 unspecified atom stereocenters. The Morgan fingerprint density at radius 1 is 1.31 bits per heavy atom. The fraction of sp³-hybridized carbons (Fsp3) is 0.417. The van der Waals surface area contributed by atoms with Crippen molar-refractivity contribution in [3.05, 3.63) is 28.2 Å². The first kappa shape index (κ1) is 10.5. The smallest absolute Gasteiger partial charge is 0.0974 e. The molecule has 3 rings (SSSR count). The molecule has 0 atom stereocenters. The maximum absolute atomic E-state index is 5.97. The number of nitrogens with zero attached hydrogens (tertiary/aromatic N) is 1. The Kier molecular flexibility index (Phi) is 2.84. The van der Waals surface area contributed by atoms with Crippen LogP contribution in [0.3, 0.4) is 0 Å². The Bertz CT molecular complexity index is 503. The minimum absolute atomic E-state index is 0.668. The van der Waals surface area contributed by atoms with Crippen LogP contribution in [-0.4, -0.2) is 18.1 Å². The van der Waals surface area contributed by atoms with E-state index in [4.69, 9.17) is 16.6 Å². The molecule has 1 aliphatic rings. The van der Waals surface area contributed by atoms with Crippen molar-refractivity contribution in [1.82, 2.24) is 4.98 Å². The van der Waals surface area contributed by atoms with Gasteiger partial charge in [-0.25, -0.2) is 4.98 Å². The minimum atomic E-state index is 0.668. The van der Waals surface area contributed by atoms with E-state index < -0.39 is 0 Å². The average Bonchev–Trinajstić information content (AvgIpc) is 2.73. The van der Waals surface area contributed by atoms with Gasteiger partial charge < -0.3 is 5.32 Å². The van der Waals surface area contributed by atoms with Crippen LogP contribution in [-0.2, 0) is 0 Å². The minimum Gasteiger partial charge on any atom is -0.346 e. The highest BCUT2D eigenvalue weighted by atomic mass is 35.5. The normalized spacial score (nSPS) is 18.1. The van der Waals surface area contributed by atoms with Gasteiger partial charge in [0, 0.05) is 23.8 Å². The van der Waals surface area contributed by atoms with Crippen LogP contribution in [0.1, 0.15) is 23.8 Å². The molecule has 0 spiro atoms. The third-order valence-electron chi connectivity index (χ3n) is 3.15. The summed E-state index contributed by atoms with van der Waals surface area (Å²) in [5, 5.41) is 4.47. The summed E-state index contributed by atoms with van der Waals surface area (Å²) in [5.74, 6) is 0.668. The number of quaternary nitrogens is 1. The molecule has 84 valence electrons. The largest absolute Gasteiger partial charge is 0.346 e. The molecule has 2 heterocycles. The summed E-state index contributed by atoms with van der Waals surface area (Å²) >= 11 is 7.80. The highest BCUT2D eigenvalue weighted by Gasteiger charge is 2.20. The van der Waals surface area contributed by atoms with Gasteiger partial charge in [-0.1, -0.05) is 11.6 Å². The topological polar surface area (TPSA) is 29.5 Å². The van der Waals surface area contributed by atoms with E-state index in [2.05, 4.69) is 11.4 Å². The molecule has 0 bridgehead atoms. The van der Waals surface area contributed by atoms with Gasteiger partial charge in [0.1, 0.15) is 0 Å². The van der Waals surface area contributed by atoms with Crippen molar-refractivity contribution >= 4 is 33.2 Å². The summed E-state index contributed by atoms with van der Waals surface area (Å²) in [7, 11) is 0. The first-order chi connectivity index (χ1) is 7.83. The third-order valence-corrected chi connectivity index (χ3v) is 4.59. The number of hydrogen-bond acceptors (Lipinski definition) is 2.